The van der Waals surface area contributed by atoms with Crippen LogP contribution >= 0.6 is 0 Å². The van der Waals surface area contributed by atoms with Gasteiger partial charge in [-0.3, -0.25) is 9.59 Å². The summed E-state index contributed by atoms with van der Waals surface area (Å²) in [7, 11) is 0. The Bertz CT molecular complexity index is 783. The Morgan fingerprint density at radius 1 is 1.00 bits per heavy atom. The molecule has 23 heavy (non-hydrogen) atoms. The number of hydrogen-bond donors (Lipinski definition) is 1. The van der Waals surface area contributed by atoms with Crippen LogP contribution in [0.25, 0.3) is 0 Å². The fraction of sp³-hybridized carbons (Fsp3) is 0.263. The number of imide groups is 1. The molecule has 4 heteroatoms. The molecular formula is C19H20N2O2. The van der Waals surface area contributed by atoms with Gasteiger partial charge in [-0.15, -0.1) is 0 Å². The van der Waals surface area contributed by atoms with E-state index >= 15 is 0 Å². The molecule has 2 aromatic carbocycles. The van der Waals surface area contributed by atoms with Crippen molar-refractivity contribution in [2.24, 2.45) is 0 Å². The van der Waals surface area contributed by atoms with E-state index in [1.165, 1.54) is 10.5 Å². The summed E-state index contributed by atoms with van der Waals surface area (Å²) in [5, 5.41) is 3.22. The number of hydrogen-bond acceptors (Lipinski definition) is 3. The van der Waals surface area contributed by atoms with Crippen molar-refractivity contribution in [1.29, 1.82) is 0 Å². The molecule has 118 valence electrons. The van der Waals surface area contributed by atoms with Gasteiger partial charge in [0.25, 0.3) is 5.91 Å². The summed E-state index contributed by atoms with van der Waals surface area (Å²) < 4.78 is 0. The zero-order valence-corrected chi connectivity index (χ0v) is 13.6. The first-order chi connectivity index (χ1) is 11.0. The van der Waals surface area contributed by atoms with Crippen LogP contribution in [0.3, 0.4) is 0 Å². The number of nitrogens with one attached hydrogen (secondary N) is 1. The summed E-state index contributed by atoms with van der Waals surface area (Å²) in [6.45, 7) is 5.93. The third kappa shape index (κ3) is 2.84. The topological polar surface area (TPSA) is 49.4 Å². The van der Waals surface area contributed by atoms with E-state index in [-0.39, 0.29) is 18.2 Å². The normalized spacial score (nSPS) is 17.7. The fourth-order valence-corrected chi connectivity index (χ4v) is 2.98. The molecule has 1 fully saturated rings. The van der Waals surface area contributed by atoms with Crippen LogP contribution < -0.4 is 10.2 Å². The van der Waals surface area contributed by atoms with Crippen molar-refractivity contribution in [3.05, 3.63) is 59.2 Å². The van der Waals surface area contributed by atoms with Gasteiger partial charge >= 0.3 is 0 Å². The number of benzene rings is 2. The second-order valence-electron chi connectivity index (χ2n) is 6.07. The molecule has 0 unspecified atom stereocenters. The fourth-order valence-electron chi connectivity index (χ4n) is 2.98. The molecule has 4 nitrogen and oxygen atoms in total. The van der Waals surface area contributed by atoms with E-state index in [1.54, 1.807) is 0 Å². The van der Waals surface area contributed by atoms with Crippen LogP contribution in [-0.4, -0.2) is 17.9 Å². The predicted molar refractivity (Wildman–Crippen MR) is 91.6 cm³/mol. The van der Waals surface area contributed by atoms with Gasteiger partial charge in [-0.05, 0) is 44.0 Å². The van der Waals surface area contributed by atoms with Gasteiger partial charge in [0.1, 0.15) is 6.04 Å². The molecule has 2 aromatic rings. The number of para-hydroxylation sites is 1. The first-order valence-electron chi connectivity index (χ1n) is 7.73. The van der Waals surface area contributed by atoms with Gasteiger partial charge in [-0.2, -0.15) is 0 Å². The number of carbonyl (C=O) groups excluding carboxylic acids is 2. The molecule has 1 N–H and O–H groups in total. The average Bonchev–Trinajstić information content (AvgIpc) is 2.77. The van der Waals surface area contributed by atoms with E-state index in [4.69, 9.17) is 0 Å². The minimum absolute atomic E-state index is 0.161. The summed E-state index contributed by atoms with van der Waals surface area (Å²) in [5.74, 6) is -0.351. The minimum Gasteiger partial charge on any atom is -0.373 e. The summed E-state index contributed by atoms with van der Waals surface area (Å²) >= 11 is 0. The van der Waals surface area contributed by atoms with E-state index in [9.17, 15) is 9.59 Å². The second-order valence-corrected chi connectivity index (χ2v) is 6.07. The summed E-state index contributed by atoms with van der Waals surface area (Å²) in [6, 6.07) is 13.0. The van der Waals surface area contributed by atoms with Gasteiger partial charge in [0.2, 0.25) is 5.91 Å². The van der Waals surface area contributed by atoms with E-state index in [1.807, 2.05) is 57.2 Å². The lowest BCUT2D eigenvalue weighted by molar-refractivity contribution is -0.121. The van der Waals surface area contributed by atoms with Crippen molar-refractivity contribution >= 4 is 23.2 Å². The second kappa shape index (κ2) is 5.88. The van der Waals surface area contributed by atoms with Crippen molar-refractivity contribution in [2.75, 3.05) is 10.2 Å². The van der Waals surface area contributed by atoms with Crippen LogP contribution in [0.15, 0.2) is 42.5 Å². The van der Waals surface area contributed by atoms with Gasteiger partial charge < -0.3 is 5.32 Å². The summed E-state index contributed by atoms with van der Waals surface area (Å²) in [6.07, 6.45) is 0.181. The molecule has 1 saturated heterocycles. The number of anilines is 2. The van der Waals surface area contributed by atoms with Crippen molar-refractivity contribution in [1.82, 2.24) is 0 Å². The van der Waals surface area contributed by atoms with Crippen LogP contribution in [-0.2, 0) is 9.59 Å². The molecule has 0 aliphatic carbocycles. The molecule has 0 aromatic heterocycles. The SMILES string of the molecule is Cc1ccc(N[C@@H]2CC(=O)N(c3ccccc3C)C2=O)c(C)c1. The average molecular weight is 308 g/mol. The molecule has 3 rings (SSSR count). The van der Waals surface area contributed by atoms with Crippen molar-refractivity contribution in [3.8, 4) is 0 Å². The lowest BCUT2D eigenvalue weighted by Gasteiger charge is -2.18. The van der Waals surface area contributed by atoms with Gasteiger partial charge in [0, 0.05) is 5.69 Å². The minimum atomic E-state index is -0.511. The Morgan fingerprint density at radius 3 is 2.43 bits per heavy atom. The lowest BCUT2D eigenvalue weighted by Crippen LogP contribution is -2.35. The number of rotatable bonds is 3. The zero-order chi connectivity index (χ0) is 16.6. The first-order valence-corrected chi connectivity index (χ1v) is 7.73. The molecule has 1 aliphatic rings. The number of amides is 2. The highest BCUT2D eigenvalue weighted by Crippen LogP contribution is 2.28. The zero-order valence-electron chi connectivity index (χ0n) is 13.6. The summed E-state index contributed by atoms with van der Waals surface area (Å²) in [5.41, 5.74) is 4.73. The molecule has 0 spiro atoms. The molecule has 1 aliphatic heterocycles. The Hall–Kier alpha value is -2.62. The van der Waals surface area contributed by atoms with Crippen molar-refractivity contribution < 1.29 is 9.59 Å². The maximum atomic E-state index is 12.7. The number of carbonyl (C=O) groups is 2. The van der Waals surface area contributed by atoms with E-state index in [0.29, 0.717) is 5.69 Å². The smallest absolute Gasteiger partial charge is 0.256 e. The van der Waals surface area contributed by atoms with E-state index in [0.717, 1.165) is 16.8 Å². The molecule has 2 amide bonds. The molecule has 1 heterocycles. The maximum Gasteiger partial charge on any atom is 0.256 e. The Kier molecular flexibility index (Phi) is 3.90. The first kappa shape index (κ1) is 15.3. The predicted octanol–water partition coefficient (Wildman–Crippen LogP) is 3.36. The van der Waals surface area contributed by atoms with Crippen LogP contribution in [0, 0.1) is 20.8 Å². The van der Waals surface area contributed by atoms with Crippen LogP contribution in [0.2, 0.25) is 0 Å². The van der Waals surface area contributed by atoms with Gasteiger partial charge in [0.05, 0.1) is 12.1 Å². The van der Waals surface area contributed by atoms with Crippen molar-refractivity contribution in [2.45, 2.75) is 33.2 Å². The van der Waals surface area contributed by atoms with Crippen LogP contribution in [0.1, 0.15) is 23.1 Å². The largest absolute Gasteiger partial charge is 0.373 e. The van der Waals surface area contributed by atoms with Crippen LogP contribution in [0.5, 0.6) is 0 Å². The standard InChI is InChI=1S/C19H20N2O2/c1-12-8-9-15(14(3)10-12)20-16-11-18(22)21(19(16)23)17-7-5-4-6-13(17)2/h4-10,16,20H,11H2,1-3H3/t16-/m1/s1. The van der Waals surface area contributed by atoms with E-state index < -0.39 is 6.04 Å². The Balaban J connectivity index is 1.85. The lowest BCUT2D eigenvalue weighted by atomic mass is 10.1. The number of nitrogens with zero attached hydrogens (tertiary/aromatic N) is 1. The molecule has 0 saturated carbocycles. The Labute approximate surface area is 136 Å². The highest BCUT2D eigenvalue weighted by molar-refractivity contribution is 6.23. The monoisotopic (exact) mass is 308 g/mol. The van der Waals surface area contributed by atoms with Crippen LogP contribution in [0.4, 0.5) is 11.4 Å². The Morgan fingerprint density at radius 2 is 1.74 bits per heavy atom. The summed E-state index contributed by atoms with van der Waals surface area (Å²) in [4.78, 5) is 26.3. The molecule has 0 radical (unpaired) electrons. The van der Waals surface area contributed by atoms with Gasteiger partial charge in [-0.25, -0.2) is 4.90 Å². The van der Waals surface area contributed by atoms with E-state index in [2.05, 4.69) is 11.4 Å². The third-order valence-electron chi connectivity index (χ3n) is 4.21. The van der Waals surface area contributed by atoms with Crippen molar-refractivity contribution in [3.63, 3.8) is 0 Å². The molecular weight excluding hydrogens is 288 g/mol. The quantitative estimate of drug-likeness (QED) is 0.885. The highest BCUT2D eigenvalue weighted by atomic mass is 16.2. The van der Waals surface area contributed by atoms with Gasteiger partial charge in [-0.1, -0.05) is 35.9 Å². The van der Waals surface area contributed by atoms with Gasteiger partial charge in [0.15, 0.2) is 0 Å². The third-order valence-corrected chi connectivity index (χ3v) is 4.21. The molecule has 0 bridgehead atoms. The number of aryl methyl sites for hydroxylation is 3. The highest BCUT2D eigenvalue weighted by Gasteiger charge is 2.40. The maximum absolute atomic E-state index is 12.7. The molecule has 1 atom stereocenters.